The van der Waals surface area contributed by atoms with Crippen LogP contribution < -0.4 is 5.32 Å². The topological polar surface area (TPSA) is 79.5 Å². The molecule has 0 aliphatic rings. The third kappa shape index (κ3) is 3.06. The zero-order valence-electron chi connectivity index (χ0n) is 13.4. The maximum absolute atomic E-state index is 13.3. The molecule has 0 aliphatic heterocycles. The summed E-state index contributed by atoms with van der Waals surface area (Å²) in [5.74, 6) is -1.76. The molecule has 0 saturated carbocycles. The maximum Gasteiger partial charge on any atom is 0.311 e. The molecule has 0 bridgehead atoms. The van der Waals surface area contributed by atoms with Gasteiger partial charge in [-0.1, -0.05) is 13.8 Å². The van der Waals surface area contributed by atoms with Gasteiger partial charge in [-0.2, -0.15) is 0 Å². The minimum Gasteiger partial charge on any atom is -0.481 e. The molecule has 6 heteroatoms. The molecule has 2 N–H and O–H groups in total. The SMILES string of the molecule is CCC(CC)(CNC(=O)c1oc2ccc(F)cc2c1C)C(=O)O. The molecule has 0 atom stereocenters. The molecule has 1 heterocycles. The van der Waals surface area contributed by atoms with E-state index >= 15 is 0 Å². The van der Waals surface area contributed by atoms with E-state index in [-0.39, 0.29) is 12.3 Å². The molecule has 124 valence electrons. The van der Waals surface area contributed by atoms with E-state index in [1.165, 1.54) is 18.2 Å². The largest absolute Gasteiger partial charge is 0.481 e. The molecule has 0 saturated heterocycles. The van der Waals surface area contributed by atoms with E-state index < -0.39 is 23.1 Å². The quantitative estimate of drug-likeness (QED) is 0.853. The molecule has 0 radical (unpaired) electrons. The van der Waals surface area contributed by atoms with Crippen molar-refractivity contribution in [2.24, 2.45) is 5.41 Å². The molecule has 0 aliphatic carbocycles. The van der Waals surface area contributed by atoms with E-state index in [1.807, 2.05) is 0 Å². The summed E-state index contributed by atoms with van der Waals surface area (Å²) in [6.07, 6.45) is 0.812. The van der Waals surface area contributed by atoms with Crippen LogP contribution in [-0.2, 0) is 4.79 Å². The van der Waals surface area contributed by atoms with Crippen LogP contribution >= 0.6 is 0 Å². The Balaban J connectivity index is 2.24. The summed E-state index contributed by atoms with van der Waals surface area (Å²) in [7, 11) is 0. The first-order chi connectivity index (χ1) is 10.8. The number of halogens is 1. The smallest absolute Gasteiger partial charge is 0.311 e. The highest BCUT2D eigenvalue weighted by atomic mass is 19.1. The Morgan fingerprint density at radius 3 is 2.52 bits per heavy atom. The van der Waals surface area contributed by atoms with Gasteiger partial charge >= 0.3 is 5.97 Å². The summed E-state index contributed by atoms with van der Waals surface area (Å²) in [4.78, 5) is 23.8. The van der Waals surface area contributed by atoms with Crippen molar-refractivity contribution in [3.8, 4) is 0 Å². The summed E-state index contributed by atoms with van der Waals surface area (Å²) >= 11 is 0. The number of carboxylic acid groups (broad SMARTS) is 1. The molecule has 2 rings (SSSR count). The van der Waals surface area contributed by atoms with Crippen LogP contribution in [0.25, 0.3) is 11.0 Å². The number of amides is 1. The van der Waals surface area contributed by atoms with Crippen molar-refractivity contribution in [3.63, 3.8) is 0 Å². The Bertz CT molecular complexity index is 746. The highest BCUT2D eigenvalue weighted by molar-refractivity contribution is 5.99. The number of hydrogen-bond acceptors (Lipinski definition) is 3. The minimum absolute atomic E-state index is 0.0129. The number of fused-ring (bicyclic) bond motifs is 1. The van der Waals surface area contributed by atoms with Crippen LogP contribution in [0, 0.1) is 18.2 Å². The molecular weight excluding hydrogens is 301 g/mol. The van der Waals surface area contributed by atoms with Gasteiger partial charge in [0.15, 0.2) is 5.76 Å². The third-order valence-corrected chi connectivity index (χ3v) is 4.50. The fraction of sp³-hybridized carbons (Fsp3) is 0.412. The average Bonchev–Trinajstić information content (AvgIpc) is 2.85. The molecule has 1 amide bonds. The predicted molar refractivity (Wildman–Crippen MR) is 83.9 cm³/mol. The van der Waals surface area contributed by atoms with Crippen LogP contribution in [0.1, 0.15) is 42.8 Å². The number of nitrogens with one attached hydrogen (secondary N) is 1. The number of benzene rings is 1. The average molecular weight is 321 g/mol. The Labute approximate surface area is 133 Å². The minimum atomic E-state index is -0.998. The number of carbonyl (C=O) groups excluding carboxylic acids is 1. The summed E-state index contributed by atoms with van der Waals surface area (Å²) in [5.41, 5.74) is -0.0442. The first kappa shape index (κ1) is 17.0. The first-order valence-corrected chi connectivity index (χ1v) is 7.55. The fourth-order valence-corrected chi connectivity index (χ4v) is 2.62. The Morgan fingerprint density at radius 2 is 1.96 bits per heavy atom. The first-order valence-electron chi connectivity index (χ1n) is 7.55. The lowest BCUT2D eigenvalue weighted by molar-refractivity contribution is -0.149. The van der Waals surface area contributed by atoms with Gasteiger partial charge in [-0.05, 0) is 38.0 Å². The summed E-state index contributed by atoms with van der Waals surface area (Å²) in [6, 6.07) is 4.04. The van der Waals surface area contributed by atoms with Crippen molar-refractivity contribution >= 4 is 22.8 Å². The molecule has 5 nitrogen and oxygen atoms in total. The van der Waals surface area contributed by atoms with Gasteiger partial charge in [0.25, 0.3) is 5.91 Å². The van der Waals surface area contributed by atoms with E-state index in [0.29, 0.717) is 29.4 Å². The van der Waals surface area contributed by atoms with Crippen molar-refractivity contribution in [1.29, 1.82) is 0 Å². The molecule has 2 aromatic rings. The highest BCUT2D eigenvalue weighted by Gasteiger charge is 2.35. The third-order valence-electron chi connectivity index (χ3n) is 4.50. The molecule has 0 unspecified atom stereocenters. The Morgan fingerprint density at radius 1 is 1.30 bits per heavy atom. The zero-order valence-corrected chi connectivity index (χ0v) is 13.4. The van der Waals surface area contributed by atoms with Crippen LogP contribution in [-0.4, -0.2) is 23.5 Å². The van der Waals surface area contributed by atoms with E-state index in [2.05, 4.69) is 5.32 Å². The number of aryl methyl sites for hydroxylation is 1. The van der Waals surface area contributed by atoms with Crippen molar-refractivity contribution < 1.29 is 23.5 Å². The predicted octanol–water partition coefficient (Wildman–Crippen LogP) is 3.50. The summed E-state index contributed by atoms with van der Waals surface area (Å²) in [5, 5.41) is 12.6. The Hall–Kier alpha value is -2.37. The lowest BCUT2D eigenvalue weighted by atomic mass is 9.82. The van der Waals surface area contributed by atoms with E-state index in [0.717, 1.165) is 0 Å². The lowest BCUT2D eigenvalue weighted by Gasteiger charge is -2.26. The van der Waals surface area contributed by atoms with Crippen molar-refractivity contribution in [2.75, 3.05) is 6.54 Å². The zero-order chi connectivity index (χ0) is 17.2. The normalized spacial score (nSPS) is 11.7. The van der Waals surface area contributed by atoms with Crippen LogP contribution in [0.4, 0.5) is 4.39 Å². The second kappa shape index (κ2) is 6.40. The van der Waals surface area contributed by atoms with Gasteiger partial charge < -0.3 is 14.8 Å². The van der Waals surface area contributed by atoms with Gasteiger partial charge in [0.05, 0.1) is 5.41 Å². The van der Waals surface area contributed by atoms with E-state index in [4.69, 9.17) is 4.42 Å². The van der Waals surface area contributed by atoms with Crippen LogP contribution in [0.3, 0.4) is 0 Å². The van der Waals surface area contributed by atoms with Gasteiger partial charge in [-0.25, -0.2) is 4.39 Å². The Kier molecular flexibility index (Phi) is 4.73. The van der Waals surface area contributed by atoms with Crippen molar-refractivity contribution in [2.45, 2.75) is 33.6 Å². The van der Waals surface area contributed by atoms with Crippen LogP contribution in [0.2, 0.25) is 0 Å². The molecular formula is C17H20FNO4. The molecule has 23 heavy (non-hydrogen) atoms. The number of carboxylic acids is 1. The maximum atomic E-state index is 13.3. The van der Waals surface area contributed by atoms with Gasteiger partial charge in [-0.3, -0.25) is 9.59 Å². The number of hydrogen-bond donors (Lipinski definition) is 2. The van der Waals surface area contributed by atoms with Crippen LogP contribution in [0.5, 0.6) is 0 Å². The molecule has 1 aromatic heterocycles. The van der Waals surface area contributed by atoms with Gasteiger partial charge in [0.1, 0.15) is 11.4 Å². The number of carbonyl (C=O) groups is 2. The van der Waals surface area contributed by atoms with Crippen molar-refractivity contribution in [1.82, 2.24) is 5.32 Å². The highest BCUT2D eigenvalue weighted by Crippen LogP contribution is 2.28. The molecule has 0 spiro atoms. The number of furan rings is 1. The van der Waals surface area contributed by atoms with Crippen molar-refractivity contribution in [3.05, 3.63) is 35.3 Å². The van der Waals surface area contributed by atoms with Crippen LogP contribution in [0.15, 0.2) is 22.6 Å². The number of aliphatic carboxylic acids is 1. The monoisotopic (exact) mass is 321 g/mol. The second-order valence-corrected chi connectivity index (χ2v) is 5.67. The standard InChI is InChI=1S/C17H20FNO4/c1-4-17(5-2,16(21)22)9-19-15(20)14-10(3)12-8-11(18)6-7-13(12)23-14/h6-8H,4-5,9H2,1-3H3,(H,19,20)(H,21,22). The number of rotatable bonds is 6. The van der Waals surface area contributed by atoms with E-state index in [9.17, 15) is 19.1 Å². The van der Waals surface area contributed by atoms with Gasteiger partial charge in [0.2, 0.25) is 0 Å². The lowest BCUT2D eigenvalue weighted by Crippen LogP contribution is -2.42. The molecule has 0 fully saturated rings. The van der Waals surface area contributed by atoms with E-state index in [1.54, 1.807) is 20.8 Å². The summed E-state index contributed by atoms with van der Waals surface area (Å²) in [6.45, 7) is 5.24. The van der Waals surface area contributed by atoms with Gasteiger partial charge in [-0.15, -0.1) is 0 Å². The summed E-state index contributed by atoms with van der Waals surface area (Å²) < 4.78 is 18.8. The molecule has 1 aromatic carbocycles. The van der Waals surface area contributed by atoms with Gasteiger partial charge in [0, 0.05) is 17.5 Å². The second-order valence-electron chi connectivity index (χ2n) is 5.67. The fourth-order valence-electron chi connectivity index (χ4n) is 2.62.